The van der Waals surface area contributed by atoms with Gasteiger partial charge in [0.2, 0.25) is 5.91 Å². The van der Waals surface area contributed by atoms with Crippen molar-refractivity contribution in [3.05, 3.63) is 72.3 Å². The number of morpholine rings is 1. The van der Waals surface area contributed by atoms with E-state index in [-0.39, 0.29) is 10.8 Å². The van der Waals surface area contributed by atoms with Crippen LogP contribution in [0.4, 0.5) is 17.1 Å². The number of nitrogens with zero attached hydrogens (tertiary/aromatic N) is 1. The number of carbonyl (C=O) groups excluding carboxylic acids is 1. The SMILES string of the molecule is COc1ccc(NS(=O)(=O)c2ccc(N3CCOCC3)c(NC(=O)CCSc3ccc(C)cc3)c2)cc1. The molecule has 0 aromatic heterocycles. The Bertz CT molecular complexity index is 1310. The Morgan fingerprint density at radius 2 is 1.73 bits per heavy atom. The van der Waals surface area contributed by atoms with E-state index in [4.69, 9.17) is 9.47 Å². The maximum Gasteiger partial charge on any atom is 0.261 e. The Labute approximate surface area is 222 Å². The number of amides is 1. The van der Waals surface area contributed by atoms with Gasteiger partial charge in [-0.25, -0.2) is 8.42 Å². The quantitative estimate of drug-likeness (QED) is 0.357. The Kier molecular flexibility index (Phi) is 8.96. The average Bonchev–Trinajstić information content (AvgIpc) is 2.90. The lowest BCUT2D eigenvalue weighted by Crippen LogP contribution is -2.36. The van der Waals surface area contributed by atoms with Crippen LogP contribution < -0.4 is 19.7 Å². The number of anilines is 3. The predicted molar refractivity (Wildman–Crippen MR) is 148 cm³/mol. The van der Waals surface area contributed by atoms with Crippen molar-refractivity contribution < 1.29 is 22.7 Å². The minimum absolute atomic E-state index is 0.0599. The highest BCUT2D eigenvalue weighted by Crippen LogP contribution is 2.31. The number of thioether (sulfide) groups is 1. The first-order valence-corrected chi connectivity index (χ1v) is 14.4. The highest BCUT2D eigenvalue weighted by Gasteiger charge is 2.21. The summed E-state index contributed by atoms with van der Waals surface area (Å²) >= 11 is 1.61. The molecule has 0 saturated carbocycles. The van der Waals surface area contributed by atoms with Crippen molar-refractivity contribution in [1.29, 1.82) is 0 Å². The zero-order valence-corrected chi connectivity index (χ0v) is 22.5. The molecule has 0 atom stereocenters. The summed E-state index contributed by atoms with van der Waals surface area (Å²) < 4.78 is 39.5. The number of rotatable bonds is 10. The highest BCUT2D eigenvalue weighted by atomic mass is 32.2. The van der Waals surface area contributed by atoms with Gasteiger partial charge in [-0.05, 0) is 61.5 Å². The summed E-state index contributed by atoms with van der Waals surface area (Å²) in [6, 6.07) is 19.6. The molecule has 1 fully saturated rings. The molecule has 0 aliphatic carbocycles. The van der Waals surface area contributed by atoms with Gasteiger partial charge in [-0.3, -0.25) is 9.52 Å². The standard InChI is InChI=1S/C27H31N3O5S2/c1-20-3-9-23(10-4-20)36-18-13-27(31)28-25-19-24(11-12-26(25)30-14-16-35-17-15-30)37(32,33)29-21-5-7-22(34-2)8-6-21/h3-12,19,29H,13-18H2,1-2H3,(H,28,31). The number of benzene rings is 3. The number of hydrogen-bond acceptors (Lipinski definition) is 7. The van der Waals surface area contributed by atoms with Crippen LogP contribution in [0, 0.1) is 6.92 Å². The molecule has 0 radical (unpaired) electrons. The summed E-state index contributed by atoms with van der Waals surface area (Å²) in [6.45, 7) is 4.48. The van der Waals surface area contributed by atoms with Crippen molar-refractivity contribution >= 4 is 44.8 Å². The number of ether oxygens (including phenoxy) is 2. The largest absolute Gasteiger partial charge is 0.497 e. The van der Waals surface area contributed by atoms with Crippen LogP contribution in [0.1, 0.15) is 12.0 Å². The molecule has 1 saturated heterocycles. The molecule has 0 unspecified atom stereocenters. The van der Waals surface area contributed by atoms with Crippen molar-refractivity contribution in [3.63, 3.8) is 0 Å². The van der Waals surface area contributed by atoms with Crippen LogP contribution in [0.3, 0.4) is 0 Å². The lowest BCUT2D eigenvalue weighted by molar-refractivity contribution is -0.115. The molecule has 1 aliphatic rings. The third kappa shape index (κ3) is 7.41. The fourth-order valence-electron chi connectivity index (χ4n) is 3.84. The molecule has 0 spiro atoms. The molecule has 2 N–H and O–H groups in total. The van der Waals surface area contributed by atoms with E-state index in [0.717, 1.165) is 10.6 Å². The van der Waals surface area contributed by atoms with Crippen LogP contribution >= 0.6 is 11.8 Å². The van der Waals surface area contributed by atoms with Crippen molar-refractivity contribution in [2.24, 2.45) is 0 Å². The van der Waals surface area contributed by atoms with Gasteiger partial charge in [-0.15, -0.1) is 11.8 Å². The first-order chi connectivity index (χ1) is 17.8. The smallest absolute Gasteiger partial charge is 0.261 e. The summed E-state index contributed by atoms with van der Waals surface area (Å²) in [5.41, 5.74) is 2.84. The van der Waals surface area contributed by atoms with E-state index >= 15 is 0 Å². The third-order valence-corrected chi connectivity index (χ3v) is 8.26. The predicted octanol–water partition coefficient (Wildman–Crippen LogP) is 4.76. The van der Waals surface area contributed by atoms with E-state index in [9.17, 15) is 13.2 Å². The van der Waals surface area contributed by atoms with E-state index in [1.165, 1.54) is 11.6 Å². The van der Waals surface area contributed by atoms with Crippen LogP contribution in [0.15, 0.2) is 76.5 Å². The van der Waals surface area contributed by atoms with Crippen molar-refractivity contribution in [1.82, 2.24) is 0 Å². The summed E-state index contributed by atoms with van der Waals surface area (Å²) in [5, 5.41) is 2.95. The van der Waals surface area contributed by atoms with E-state index in [1.807, 2.05) is 31.2 Å². The van der Waals surface area contributed by atoms with Crippen molar-refractivity contribution in [2.75, 3.05) is 54.1 Å². The summed E-state index contributed by atoms with van der Waals surface area (Å²) in [6.07, 6.45) is 0.294. The van der Waals surface area contributed by atoms with E-state index in [0.29, 0.717) is 55.6 Å². The second kappa shape index (κ2) is 12.4. The molecule has 1 amide bonds. The van der Waals surface area contributed by atoms with Gasteiger partial charge < -0.3 is 19.7 Å². The maximum atomic E-state index is 13.1. The molecule has 10 heteroatoms. The normalized spacial score (nSPS) is 13.7. The zero-order valence-electron chi connectivity index (χ0n) is 20.9. The first-order valence-electron chi connectivity index (χ1n) is 12.0. The van der Waals surface area contributed by atoms with Crippen LogP contribution in [-0.4, -0.2) is 53.5 Å². The van der Waals surface area contributed by atoms with Gasteiger partial charge in [0.15, 0.2) is 0 Å². The lowest BCUT2D eigenvalue weighted by atomic mass is 10.2. The minimum Gasteiger partial charge on any atom is -0.497 e. The molecular weight excluding hydrogens is 510 g/mol. The second-order valence-corrected chi connectivity index (χ2v) is 11.4. The van der Waals surface area contributed by atoms with Gasteiger partial charge in [0.25, 0.3) is 10.0 Å². The van der Waals surface area contributed by atoms with Gasteiger partial charge in [0.1, 0.15) is 5.75 Å². The van der Waals surface area contributed by atoms with Crippen LogP contribution in [0.2, 0.25) is 0 Å². The molecule has 37 heavy (non-hydrogen) atoms. The summed E-state index contributed by atoms with van der Waals surface area (Å²) in [7, 11) is -2.34. The first kappa shape index (κ1) is 26.8. The van der Waals surface area contributed by atoms with Crippen LogP contribution in [-0.2, 0) is 19.6 Å². The van der Waals surface area contributed by atoms with Gasteiger partial charge in [-0.1, -0.05) is 17.7 Å². The van der Waals surface area contributed by atoms with Crippen LogP contribution in [0.25, 0.3) is 0 Å². The molecule has 196 valence electrons. The fraction of sp³-hybridized carbons (Fsp3) is 0.296. The Balaban J connectivity index is 1.50. The average molecular weight is 542 g/mol. The molecule has 0 bridgehead atoms. The second-order valence-electron chi connectivity index (χ2n) is 8.57. The number of nitrogens with one attached hydrogen (secondary N) is 2. The number of carbonyl (C=O) groups is 1. The monoisotopic (exact) mass is 541 g/mol. The molecule has 3 aromatic rings. The van der Waals surface area contributed by atoms with Crippen molar-refractivity contribution in [2.45, 2.75) is 23.1 Å². The Hall–Kier alpha value is -3.21. The number of methoxy groups -OCH3 is 1. The van der Waals surface area contributed by atoms with Crippen molar-refractivity contribution in [3.8, 4) is 5.75 Å². The number of aryl methyl sites for hydroxylation is 1. The third-order valence-electron chi connectivity index (χ3n) is 5.87. The van der Waals surface area contributed by atoms with Gasteiger partial charge in [0.05, 0.1) is 36.6 Å². The Morgan fingerprint density at radius 3 is 2.41 bits per heavy atom. The summed E-state index contributed by atoms with van der Waals surface area (Å²) in [5.74, 6) is 1.06. The van der Waals surface area contributed by atoms with Gasteiger partial charge in [0, 0.05) is 35.8 Å². The van der Waals surface area contributed by atoms with Gasteiger partial charge in [-0.2, -0.15) is 0 Å². The fourth-order valence-corrected chi connectivity index (χ4v) is 5.78. The highest BCUT2D eigenvalue weighted by molar-refractivity contribution is 7.99. The van der Waals surface area contributed by atoms with Gasteiger partial charge >= 0.3 is 0 Å². The molecule has 8 nitrogen and oxygen atoms in total. The van der Waals surface area contributed by atoms with Crippen LogP contribution in [0.5, 0.6) is 5.75 Å². The summed E-state index contributed by atoms with van der Waals surface area (Å²) in [4.78, 5) is 16.1. The molecule has 1 aliphatic heterocycles. The molecule has 1 heterocycles. The zero-order chi connectivity index (χ0) is 26.3. The Morgan fingerprint density at radius 1 is 1.03 bits per heavy atom. The lowest BCUT2D eigenvalue weighted by Gasteiger charge is -2.30. The maximum absolute atomic E-state index is 13.1. The molecular formula is C27H31N3O5S2. The van der Waals surface area contributed by atoms with E-state index < -0.39 is 10.0 Å². The minimum atomic E-state index is -3.88. The van der Waals surface area contributed by atoms with E-state index in [2.05, 4.69) is 14.9 Å². The topological polar surface area (TPSA) is 97.0 Å². The number of hydrogen-bond donors (Lipinski definition) is 2. The number of sulfonamides is 1. The van der Waals surface area contributed by atoms with E-state index in [1.54, 1.807) is 55.3 Å². The molecule has 4 rings (SSSR count). The molecule has 3 aromatic carbocycles.